The lowest BCUT2D eigenvalue weighted by Crippen LogP contribution is -2.68. The standard InChI is InChI=1S/C22H30N2O4/c1-27-13-5-6-17-7-9-18(10-8-17)22-19-14-23(21(26)16-28-2)11-3-4-12-24(19)20(22)15-25/h7-10,19-20,22,25H,3-4,11-16H2,1-2H3/t19-,20-,22+/m1/s1. The molecule has 0 saturated carbocycles. The topological polar surface area (TPSA) is 62.2 Å². The molecule has 152 valence electrons. The number of carbonyl (C=O) groups excluding carboxylic acids is 1. The molecule has 2 saturated heterocycles. The summed E-state index contributed by atoms with van der Waals surface area (Å²) in [4.78, 5) is 16.7. The Morgan fingerprint density at radius 2 is 1.93 bits per heavy atom. The smallest absolute Gasteiger partial charge is 0.248 e. The largest absolute Gasteiger partial charge is 0.395 e. The second-order valence-corrected chi connectivity index (χ2v) is 7.42. The third-order valence-corrected chi connectivity index (χ3v) is 5.74. The Morgan fingerprint density at radius 3 is 2.61 bits per heavy atom. The average molecular weight is 386 g/mol. The quantitative estimate of drug-likeness (QED) is 0.768. The monoisotopic (exact) mass is 386 g/mol. The maximum Gasteiger partial charge on any atom is 0.248 e. The van der Waals surface area contributed by atoms with Crippen molar-refractivity contribution >= 4 is 5.91 Å². The molecule has 6 nitrogen and oxygen atoms in total. The molecule has 2 aliphatic rings. The molecular weight excluding hydrogens is 356 g/mol. The van der Waals surface area contributed by atoms with E-state index in [1.165, 1.54) is 5.56 Å². The fourth-order valence-electron chi connectivity index (χ4n) is 4.38. The van der Waals surface area contributed by atoms with Crippen LogP contribution in [0.2, 0.25) is 0 Å². The normalized spacial score (nSPS) is 25.0. The minimum absolute atomic E-state index is 0.0410. The van der Waals surface area contributed by atoms with Gasteiger partial charge in [0.05, 0.1) is 6.61 Å². The number of hydrogen-bond donors (Lipinski definition) is 1. The Bertz CT molecular complexity index is 709. The van der Waals surface area contributed by atoms with Gasteiger partial charge in [-0.2, -0.15) is 0 Å². The van der Waals surface area contributed by atoms with Crippen molar-refractivity contribution in [2.75, 3.05) is 53.7 Å². The fraction of sp³-hybridized carbons (Fsp3) is 0.591. The van der Waals surface area contributed by atoms with Gasteiger partial charge in [0.1, 0.15) is 13.2 Å². The van der Waals surface area contributed by atoms with E-state index in [1.54, 1.807) is 14.2 Å². The number of methoxy groups -OCH3 is 2. The van der Waals surface area contributed by atoms with Crippen molar-refractivity contribution in [2.45, 2.75) is 30.8 Å². The van der Waals surface area contributed by atoms with E-state index in [0.29, 0.717) is 13.2 Å². The Labute approximate surface area is 167 Å². The second kappa shape index (κ2) is 10.0. The van der Waals surface area contributed by atoms with Gasteiger partial charge in [-0.3, -0.25) is 9.69 Å². The van der Waals surface area contributed by atoms with Gasteiger partial charge in [-0.25, -0.2) is 0 Å². The summed E-state index contributed by atoms with van der Waals surface area (Å²) >= 11 is 0. The minimum Gasteiger partial charge on any atom is -0.395 e. The summed E-state index contributed by atoms with van der Waals surface area (Å²) in [5.41, 5.74) is 2.14. The van der Waals surface area contributed by atoms with Gasteiger partial charge in [0.15, 0.2) is 0 Å². The molecule has 0 bridgehead atoms. The lowest BCUT2D eigenvalue weighted by Gasteiger charge is -2.57. The number of hydrogen-bond acceptors (Lipinski definition) is 5. The third kappa shape index (κ3) is 4.56. The van der Waals surface area contributed by atoms with Crippen LogP contribution in [-0.2, 0) is 14.3 Å². The molecule has 1 amide bonds. The molecule has 1 aromatic carbocycles. The molecule has 0 spiro atoms. The van der Waals surface area contributed by atoms with Gasteiger partial charge in [0.2, 0.25) is 5.91 Å². The number of carbonyl (C=O) groups is 1. The molecule has 1 N–H and O–H groups in total. The van der Waals surface area contributed by atoms with E-state index in [4.69, 9.17) is 9.47 Å². The number of aliphatic hydroxyl groups is 1. The Morgan fingerprint density at radius 1 is 1.18 bits per heavy atom. The van der Waals surface area contributed by atoms with Gasteiger partial charge in [-0.1, -0.05) is 24.0 Å². The van der Waals surface area contributed by atoms with Crippen molar-refractivity contribution < 1.29 is 19.4 Å². The molecule has 0 aliphatic carbocycles. The lowest BCUT2D eigenvalue weighted by molar-refractivity contribution is -0.140. The molecule has 2 heterocycles. The summed E-state index contributed by atoms with van der Waals surface area (Å²) in [5.74, 6) is 6.30. The Balaban J connectivity index is 1.77. The summed E-state index contributed by atoms with van der Waals surface area (Å²) in [6, 6.07) is 8.57. The first-order chi connectivity index (χ1) is 13.7. The van der Waals surface area contributed by atoms with Crippen molar-refractivity contribution in [3.05, 3.63) is 35.4 Å². The van der Waals surface area contributed by atoms with E-state index >= 15 is 0 Å². The van der Waals surface area contributed by atoms with E-state index in [1.807, 2.05) is 17.0 Å². The molecule has 3 atom stereocenters. The van der Waals surface area contributed by atoms with Gasteiger partial charge in [0, 0.05) is 50.9 Å². The van der Waals surface area contributed by atoms with Crippen LogP contribution in [0, 0.1) is 11.8 Å². The fourth-order valence-corrected chi connectivity index (χ4v) is 4.38. The lowest BCUT2D eigenvalue weighted by atomic mass is 9.74. The van der Waals surface area contributed by atoms with Crippen LogP contribution in [0.25, 0.3) is 0 Å². The van der Waals surface area contributed by atoms with Crippen LogP contribution >= 0.6 is 0 Å². The molecule has 1 aromatic rings. The van der Waals surface area contributed by atoms with Crippen LogP contribution in [0.4, 0.5) is 0 Å². The maximum absolute atomic E-state index is 12.4. The van der Waals surface area contributed by atoms with Gasteiger partial charge >= 0.3 is 0 Å². The molecular formula is C22H30N2O4. The number of nitrogens with zero attached hydrogens (tertiary/aromatic N) is 2. The molecule has 0 aromatic heterocycles. The second-order valence-electron chi connectivity index (χ2n) is 7.42. The van der Waals surface area contributed by atoms with Crippen LogP contribution in [0.1, 0.15) is 29.9 Å². The molecule has 3 rings (SSSR count). The zero-order chi connectivity index (χ0) is 19.9. The summed E-state index contributed by atoms with van der Waals surface area (Å²) in [6.45, 7) is 3.09. The Kier molecular flexibility index (Phi) is 7.46. The van der Waals surface area contributed by atoms with Crippen molar-refractivity contribution in [1.82, 2.24) is 9.80 Å². The van der Waals surface area contributed by atoms with Gasteiger partial charge in [0.25, 0.3) is 0 Å². The van der Waals surface area contributed by atoms with Crippen LogP contribution < -0.4 is 0 Å². The van der Waals surface area contributed by atoms with Crippen LogP contribution in [0.5, 0.6) is 0 Å². The third-order valence-electron chi connectivity index (χ3n) is 5.74. The maximum atomic E-state index is 12.4. The van der Waals surface area contributed by atoms with E-state index in [2.05, 4.69) is 28.9 Å². The predicted molar refractivity (Wildman–Crippen MR) is 107 cm³/mol. The van der Waals surface area contributed by atoms with Crippen molar-refractivity contribution in [3.63, 3.8) is 0 Å². The van der Waals surface area contributed by atoms with E-state index < -0.39 is 0 Å². The van der Waals surface area contributed by atoms with Crippen molar-refractivity contribution in [2.24, 2.45) is 0 Å². The molecule has 0 radical (unpaired) electrons. The zero-order valence-corrected chi connectivity index (χ0v) is 16.8. The molecule has 2 aliphatic heterocycles. The van der Waals surface area contributed by atoms with Gasteiger partial charge in [-0.05, 0) is 37.1 Å². The SMILES string of the molecule is COCC#Cc1ccc([C@@H]2[C@@H](CO)N3CCCCN(C(=O)COC)C[C@H]23)cc1. The first kappa shape index (κ1) is 20.8. The van der Waals surface area contributed by atoms with E-state index in [-0.39, 0.29) is 37.1 Å². The summed E-state index contributed by atoms with van der Waals surface area (Å²) in [5, 5.41) is 10.00. The molecule has 28 heavy (non-hydrogen) atoms. The van der Waals surface area contributed by atoms with Crippen LogP contribution in [0.15, 0.2) is 24.3 Å². The highest BCUT2D eigenvalue weighted by atomic mass is 16.5. The number of ether oxygens (including phenoxy) is 2. The number of fused-ring (bicyclic) bond motifs is 1. The highest BCUT2D eigenvalue weighted by Crippen LogP contribution is 2.41. The van der Waals surface area contributed by atoms with Crippen LogP contribution in [-0.4, -0.2) is 86.6 Å². The first-order valence-corrected chi connectivity index (χ1v) is 9.90. The minimum atomic E-state index is 0.0410. The average Bonchev–Trinajstić information content (AvgIpc) is 2.68. The highest BCUT2D eigenvalue weighted by Gasteiger charge is 2.49. The predicted octanol–water partition coefficient (Wildman–Crippen LogP) is 1.08. The summed E-state index contributed by atoms with van der Waals surface area (Å²) < 4.78 is 10.0. The zero-order valence-electron chi connectivity index (χ0n) is 16.8. The number of benzene rings is 1. The molecule has 6 heteroatoms. The van der Waals surface area contributed by atoms with Crippen molar-refractivity contribution in [3.8, 4) is 11.8 Å². The van der Waals surface area contributed by atoms with E-state index in [9.17, 15) is 9.90 Å². The van der Waals surface area contributed by atoms with E-state index in [0.717, 1.165) is 31.5 Å². The molecule has 2 fully saturated rings. The number of amides is 1. The van der Waals surface area contributed by atoms with Gasteiger partial charge in [-0.15, -0.1) is 0 Å². The summed E-state index contributed by atoms with van der Waals surface area (Å²) in [6.07, 6.45) is 2.01. The molecule has 0 unspecified atom stereocenters. The number of rotatable bonds is 5. The highest BCUT2D eigenvalue weighted by molar-refractivity contribution is 5.77. The van der Waals surface area contributed by atoms with Gasteiger partial charge < -0.3 is 19.5 Å². The number of aliphatic hydroxyl groups excluding tert-OH is 1. The van der Waals surface area contributed by atoms with Crippen LogP contribution in [0.3, 0.4) is 0 Å². The first-order valence-electron chi connectivity index (χ1n) is 9.90. The van der Waals surface area contributed by atoms with Crippen molar-refractivity contribution in [1.29, 1.82) is 0 Å². The summed E-state index contributed by atoms with van der Waals surface area (Å²) in [7, 11) is 3.18. The Hall–Kier alpha value is -1.91.